The number of hydrogen-bond acceptors (Lipinski definition) is 6. The van der Waals surface area contributed by atoms with Gasteiger partial charge in [-0.1, -0.05) is 0 Å². The lowest BCUT2D eigenvalue weighted by Crippen LogP contribution is -2.03. The lowest BCUT2D eigenvalue weighted by Gasteiger charge is -2.10. The van der Waals surface area contributed by atoms with Gasteiger partial charge in [-0.05, 0) is 6.07 Å². The quantitative estimate of drug-likeness (QED) is 0.711. The van der Waals surface area contributed by atoms with E-state index in [1.807, 2.05) is 0 Å². The first-order valence-electron chi connectivity index (χ1n) is 5.42. The van der Waals surface area contributed by atoms with E-state index in [9.17, 15) is 10.2 Å². The molecule has 6 nitrogen and oxygen atoms in total. The molecule has 0 unspecified atom stereocenters. The Morgan fingerprint density at radius 3 is 2.33 bits per heavy atom. The lowest BCUT2D eigenvalue weighted by atomic mass is 10.1. The van der Waals surface area contributed by atoms with Gasteiger partial charge in [-0.25, -0.2) is 9.97 Å². The number of nitrogens with zero attached hydrogens (tertiary/aromatic N) is 3. The maximum Gasteiger partial charge on any atom is 0.143 e. The van der Waals surface area contributed by atoms with Crippen molar-refractivity contribution >= 4 is 0 Å². The molecule has 94 valence electrons. The van der Waals surface area contributed by atoms with Crippen molar-refractivity contribution < 1.29 is 15.3 Å². The molecular weight excluding hydrogens is 234 g/mol. The molecule has 2 aromatic rings. The van der Waals surface area contributed by atoms with Gasteiger partial charge >= 0.3 is 0 Å². The molecule has 2 heterocycles. The standard InChI is InChI=1S/C12H13N3O3/c16-6-8-5-15-10(12(18)9(8)7-17)4-11-13-2-1-3-14-11/h1-3,5,16-18H,4,6-7H2. The highest BCUT2D eigenvalue weighted by Gasteiger charge is 2.14. The van der Waals surface area contributed by atoms with Gasteiger partial charge in [0.2, 0.25) is 0 Å². The lowest BCUT2D eigenvalue weighted by molar-refractivity contribution is 0.254. The van der Waals surface area contributed by atoms with E-state index in [2.05, 4.69) is 15.0 Å². The highest BCUT2D eigenvalue weighted by Crippen LogP contribution is 2.25. The first-order chi connectivity index (χ1) is 8.76. The minimum atomic E-state index is -0.354. The molecule has 0 saturated carbocycles. The van der Waals surface area contributed by atoms with Crippen LogP contribution < -0.4 is 0 Å². The molecule has 0 spiro atoms. The summed E-state index contributed by atoms with van der Waals surface area (Å²) < 4.78 is 0. The molecular formula is C12H13N3O3. The summed E-state index contributed by atoms with van der Waals surface area (Å²) in [6.07, 6.45) is 4.91. The van der Waals surface area contributed by atoms with E-state index < -0.39 is 0 Å². The number of aromatic hydroxyl groups is 1. The molecule has 3 N–H and O–H groups in total. The Balaban J connectivity index is 2.35. The third-order valence-electron chi connectivity index (χ3n) is 2.60. The van der Waals surface area contributed by atoms with Crippen LogP contribution in [0, 0.1) is 0 Å². The van der Waals surface area contributed by atoms with Gasteiger partial charge in [0.25, 0.3) is 0 Å². The first kappa shape index (κ1) is 12.4. The van der Waals surface area contributed by atoms with Crippen LogP contribution in [-0.4, -0.2) is 30.3 Å². The Bertz CT molecular complexity index is 532. The van der Waals surface area contributed by atoms with Crippen molar-refractivity contribution in [1.29, 1.82) is 0 Å². The molecule has 0 atom stereocenters. The van der Waals surface area contributed by atoms with Crippen LogP contribution in [0.5, 0.6) is 5.75 Å². The zero-order valence-corrected chi connectivity index (χ0v) is 9.61. The second-order valence-electron chi connectivity index (χ2n) is 3.72. The van der Waals surface area contributed by atoms with Gasteiger partial charge in [-0.3, -0.25) is 4.98 Å². The highest BCUT2D eigenvalue weighted by molar-refractivity contribution is 5.41. The smallest absolute Gasteiger partial charge is 0.143 e. The van der Waals surface area contributed by atoms with E-state index in [1.165, 1.54) is 6.20 Å². The largest absolute Gasteiger partial charge is 0.506 e. The van der Waals surface area contributed by atoms with Crippen molar-refractivity contribution in [2.45, 2.75) is 19.6 Å². The molecule has 0 bridgehead atoms. The van der Waals surface area contributed by atoms with E-state index in [-0.39, 0.29) is 25.4 Å². The maximum absolute atomic E-state index is 9.97. The van der Waals surface area contributed by atoms with Crippen LogP contribution in [0.1, 0.15) is 22.6 Å². The van der Waals surface area contributed by atoms with Crippen molar-refractivity contribution in [3.05, 3.63) is 47.3 Å². The topological polar surface area (TPSA) is 99.4 Å². The monoisotopic (exact) mass is 247 g/mol. The van der Waals surface area contributed by atoms with Crippen LogP contribution in [0.15, 0.2) is 24.7 Å². The summed E-state index contributed by atoms with van der Waals surface area (Å²) in [6.45, 7) is -0.633. The summed E-state index contributed by atoms with van der Waals surface area (Å²) in [6, 6.07) is 1.70. The van der Waals surface area contributed by atoms with Crippen molar-refractivity contribution in [2.75, 3.05) is 0 Å². The number of aliphatic hydroxyl groups is 2. The van der Waals surface area contributed by atoms with Crippen LogP contribution in [0.3, 0.4) is 0 Å². The predicted molar refractivity (Wildman–Crippen MR) is 62.6 cm³/mol. The molecule has 2 rings (SSSR count). The van der Waals surface area contributed by atoms with E-state index in [1.54, 1.807) is 18.5 Å². The Kier molecular flexibility index (Phi) is 3.81. The second-order valence-corrected chi connectivity index (χ2v) is 3.72. The molecule has 0 aliphatic rings. The van der Waals surface area contributed by atoms with E-state index in [0.29, 0.717) is 22.6 Å². The minimum Gasteiger partial charge on any atom is -0.506 e. The van der Waals surface area contributed by atoms with Crippen molar-refractivity contribution in [2.24, 2.45) is 0 Å². The Morgan fingerprint density at radius 2 is 1.72 bits per heavy atom. The number of aliphatic hydroxyl groups excluding tert-OH is 2. The molecule has 0 aromatic carbocycles. The third-order valence-corrected chi connectivity index (χ3v) is 2.60. The number of rotatable bonds is 4. The second kappa shape index (κ2) is 5.52. The van der Waals surface area contributed by atoms with E-state index in [4.69, 9.17) is 5.11 Å². The van der Waals surface area contributed by atoms with Crippen LogP contribution in [0.2, 0.25) is 0 Å². The summed E-state index contributed by atoms with van der Waals surface area (Å²) in [5.41, 5.74) is 1.08. The van der Waals surface area contributed by atoms with Gasteiger partial charge in [-0.15, -0.1) is 0 Å². The number of aromatic nitrogens is 3. The zero-order valence-electron chi connectivity index (χ0n) is 9.61. The average Bonchev–Trinajstić information content (AvgIpc) is 2.42. The average molecular weight is 247 g/mol. The molecule has 2 aromatic heterocycles. The summed E-state index contributed by atoms with van der Waals surface area (Å²) in [5, 5.41) is 28.2. The van der Waals surface area contributed by atoms with Gasteiger partial charge in [-0.2, -0.15) is 0 Å². The number of hydrogen-bond donors (Lipinski definition) is 3. The van der Waals surface area contributed by atoms with Crippen LogP contribution in [0.25, 0.3) is 0 Å². The zero-order chi connectivity index (χ0) is 13.0. The van der Waals surface area contributed by atoms with Crippen LogP contribution in [-0.2, 0) is 19.6 Å². The van der Waals surface area contributed by atoms with E-state index >= 15 is 0 Å². The van der Waals surface area contributed by atoms with Crippen molar-refractivity contribution in [1.82, 2.24) is 15.0 Å². The molecule has 0 aliphatic heterocycles. The van der Waals surface area contributed by atoms with Gasteiger partial charge < -0.3 is 15.3 Å². The van der Waals surface area contributed by atoms with Crippen LogP contribution in [0.4, 0.5) is 0 Å². The molecule has 0 fully saturated rings. The fourth-order valence-corrected chi connectivity index (χ4v) is 1.63. The predicted octanol–water partition coefficient (Wildman–Crippen LogP) is 0.153. The fraction of sp³-hybridized carbons (Fsp3) is 0.250. The van der Waals surface area contributed by atoms with Gasteiger partial charge in [0.1, 0.15) is 11.6 Å². The maximum atomic E-state index is 9.97. The van der Waals surface area contributed by atoms with Gasteiger partial charge in [0, 0.05) is 29.7 Å². The molecule has 0 radical (unpaired) electrons. The summed E-state index contributed by atoms with van der Waals surface area (Å²) in [7, 11) is 0. The van der Waals surface area contributed by atoms with Gasteiger partial charge in [0.15, 0.2) is 0 Å². The van der Waals surface area contributed by atoms with E-state index in [0.717, 1.165) is 0 Å². The Hall–Kier alpha value is -2.05. The molecule has 0 saturated heterocycles. The molecule has 18 heavy (non-hydrogen) atoms. The number of pyridine rings is 1. The normalized spacial score (nSPS) is 10.6. The van der Waals surface area contributed by atoms with Crippen molar-refractivity contribution in [3.8, 4) is 5.75 Å². The fourth-order valence-electron chi connectivity index (χ4n) is 1.63. The van der Waals surface area contributed by atoms with Crippen molar-refractivity contribution in [3.63, 3.8) is 0 Å². The minimum absolute atomic E-state index is 0.114. The molecule has 0 aliphatic carbocycles. The van der Waals surface area contributed by atoms with Gasteiger partial charge in [0.05, 0.1) is 25.3 Å². The molecule has 0 amide bonds. The summed E-state index contributed by atoms with van der Waals surface area (Å²) in [5.74, 6) is 0.414. The third kappa shape index (κ3) is 2.44. The first-order valence-corrected chi connectivity index (χ1v) is 5.42. The Labute approximate surface area is 104 Å². The summed E-state index contributed by atoms with van der Waals surface area (Å²) >= 11 is 0. The Morgan fingerprint density at radius 1 is 1.00 bits per heavy atom. The molecule has 6 heteroatoms. The highest BCUT2D eigenvalue weighted by atomic mass is 16.3. The van der Waals surface area contributed by atoms with Crippen LogP contribution >= 0.6 is 0 Å². The SMILES string of the molecule is OCc1cnc(Cc2ncccn2)c(O)c1CO. The summed E-state index contributed by atoms with van der Waals surface area (Å²) in [4.78, 5) is 12.1.